The smallest absolute Gasteiger partial charge is 0.328 e. The molecule has 32 heavy (non-hydrogen) atoms. The molecule has 0 saturated carbocycles. The van der Waals surface area contributed by atoms with Crippen molar-refractivity contribution >= 4 is 28.4 Å². The van der Waals surface area contributed by atoms with Gasteiger partial charge in [-0.25, -0.2) is 9.78 Å². The lowest BCUT2D eigenvalue weighted by molar-refractivity contribution is -0.152. The van der Waals surface area contributed by atoms with Crippen molar-refractivity contribution in [3.05, 3.63) is 61.2 Å². The molecule has 5 heterocycles. The Labute approximate surface area is 183 Å². The number of likely N-dealkylation sites (tertiary alicyclic amines) is 1. The molecule has 0 spiro atoms. The van der Waals surface area contributed by atoms with Crippen molar-refractivity contribution in [3.8, 4) is 11.1 Å². The fraction of sp³-hybridized carbons (Fsp3) is 0.261. The Morgan fingerprint density at radius 3 is 3.03 bits per heavy atom. The first-order valence-corrected chi connectivity index (χ1v) is 10.5. The van der Waals surface area contributed by atoms with Crippen LogP contribution in [-0.2, 0) is 20.7 Å². The van der Waals surface area contributed by atoms with Crippen LogP contribution in [0.3, 0.4) is 0 Å². The lowest BCUT2D eigenvalue weighted by Crippen LogP contribution is -2.40. The van der Waals surface area contributed by atoms with E-state index in [0.717, 1.165) is 39.8 Å². The average Bonchev–Trinajstić information content (AvgIpc) is 3.55. The third-order valence-corrected chi connectivity index (χ3v) is 5.78. The number of hydrogen-bond acceptors (Lipinski definition) is 6. The molecule has 5 rings (SSSR count). The van der Waals surface area contributed by atoms with Crippen LogP contribution < -0.4 is 0 Å². The maximum atomic E-state index is 12.5. The van der Waals surface area contributed by atoms with E-state index in [2.05, 4.69) is 26.7 Å². The van der Waals surface area contributed by atoms with E-state index in [1.165, 1.54) is 11.0 Å². The summed E-state index contributed by atoms with van der Waals surface area (Å²) >= 11 is 0. The molecular weight excluding hydrogens is 408 g/mol. The average molecular weight is 430 g/mol. The number of carbonyl (C=O) groups is 2. The van der Waals surface area contributed by atoms with E-state index in [0.29, 0.717) is 19.4 Å². The van der Waals surface area contributed by atoms with Gasteiger partial charge in [0.1, 0.15) is 11.7 Å². The molecule has 4 aromatic rings. The van der Waals surface area contributed by atoms with Gasteiger partial charge in [0.25, 0.3) is 0 Å². The van der Waals surface area contributed by atoms with Crippen molar-refractivity contribution in [1.29, 1.82) is 0 Å². The zero-order valence-corrected chi connectivity index (χ0v) is 17.4. The third kappa shape index (κ3) is 3.51. The zero-order chi connectivity index (χ0) is 22.1. The van der Waals surface area contributed by atoms with E-state index in [1.54, 1.807) is 23.2 Å². The molecule has 0 radical (unpaired) electrons. The molecule has 0 aromatic carbocycles. The molecule has 1 fully saturated rings. The molecule has 1 unspecified atom stereocenters. The molecule has 1 amide bonds. The molecule has 162 valence electrons. The summed E-state index contributed by atoms with van der Waals surface area (Å²) < 4.78 is 7.08. The fourth-order valence-corrected chi connectivity index (χ4v) is 4.24. The van der Waals surface area contributed by atoms with Crippen molar-refractivity contribution in [3.63, 3.8) is 0 Å². The van der Waals surface area contributed by atoms with E-state index in [4.69, 9.17) is 4.74 Å². The molecule has 1 saturated heterocycles. The van der Waals surface area contributed by atoms with Gasteiger partial charge in [-0.3, -0.25) is 4.79 Å². The monoisotopic (exact) mass is 430 g/mol. The predicted octanol–water partition coefficient (Wildman–Crippen LogP) is 2.54. The highest BCUT2D eigenvalue weighted by molar-refractivity contribution is 5.97. The summed E-state index contributed by atoms with van der Waals surface area (Å²) in [7, 11) is 0. The number of aromatic amines is 1. The van der Waals surface area contributed by atoms with Crippen molar-refractivity contribution in [1.82, 2.24) is 29.7 Å². The maximum absolute atomic E-state index is 12.5. The van der Waals surface area contributed by atoms with Gasteiger partial charge in [-0.2, -0.15) is 14.8 Å². The summed E-state index contributed by atoms with van der Waals surface area (Å²) in [4.78, 5) is 33.7. The number of carbonyl (C=O) groups excluding carboxylic acids is 2. The molecule has 4 aromatic heterocycles. The van der Waals surface area contributed by atoms with E-state index in [1.807, 2.05) is 24.3 Å². The van der Waals surface area contributed by atoms with Crippen LogP contribution in [0.1, 0.15) is 18.5 Å². The normalized spacial score (nSPS) is 16.0. The number of nitrogens with one attached hydrogen (secondary N) is 1. The van der Waals surface area contributed by atoms with Gasteiger partial charge in [-0.05, 0) is 48.7 Å². The van der Waals surface area contributed by atoms with Crippen LogP contribution in [0.15, 0.2) is 55.5 Å². The first kappa shape index (κ1) is 19.9. The topological polar surface area (TPSA) is 105 Å². The molecule has 0 aliphatic carbocycles. The van der Waals surface area contributed by atoms with Crippen LogP contribution in [0, 0.1) is 0 Å². The second kappa shape index (κ2) is 8.26. The third-order valence-electron chi connectivity index (χ3n) is 5.78. The van der Waals surface area contributed by atoms with Crippen LogP contribution >= 0.6 is 0 Å². The first-order valence-electron chi connectivity index (χ1n) is 10.5. The van der Waals surface area contributed by atoms with Crippen molar-refractivity contribution in [2.75, 3.05) is 13.2 Å². The number of pyridine rings is 1. The quantitative estimate of drug-likeness (QED) is 0.372. The van der Waals surface area contributed by atoms with E-state index in [-0.39, 0.29) is 18.5 Å². The number of rotatable bonds is 6. The number of esters is 1. The Balaban J connectivity index is 1.31. The first-order chi connectivity index (χ1) is 15.7. The molecule has 9 heteroatoms. The number of H-pyrrole nitrogens is 1. The van der Waals surface area contributed by atoms with Crippen LogP contribution in [0.25, 0.3) is 27.7 Å². The molecule has 9 nitrogen and oxygen atoms in total. The van der Waals surface area contributed by atoms with E-state index >= 15 is 0 Å². The molecule has 1 aliphatic heterocycles. The minimum Gasteiger partial charge on any atom is -0.464 e. The van der Waals surface area contributed by atoms with Crippen molar-refractivity contribution in [2.45, 2.75) is 25.3 Å². The van der Waals surface area contributed by atoms with Gasteiger partial charge in [0.05, 0.1) is 18.3 Å². The minimum absolute atomic E-state index is 0.217. The van der Waals surface area contributed by atoms with Crippen molar-refractivity contribution < 1.29 is 14.3 Å². The Bertz CT molecular complexity index is 1320. The largest absolute Gasteiger partial charge is 0.464 e. The number of amides is 1. The highest BCUT2D eigenvalue weighted by Crippen LogP contribution is 2.31. The highest BCUT2D eigenvalue weighted by atomic mass is 16.5. The summed E-state index contributed by atoms with van der Waals surface area (Å²) in [6.45, 7) is 4.27. The molecular formula is C23H22N6O3. The zero-order valence-electron chi connectivity index (χ0n) is 17.4. The summed E-state index contributed by atoms with van der Waals surface area (Å²) in [6.07, 6.45) is 8.40. The SMILES string of the molecule is C=CC(=O)N1CCCC1C(=O)OCCc1cc2c(-c3cnn4ncccc34)ccnc2[nH]1. The lowest BCUT2D eigenvalue weighted by atomic mass is 10.1. The van der Waals surface area contributed by atoms with Gasteiger partial charge in [0, 0.05) is 42.0 Å². The molecule has 0 bridgehead atoms. The number of hydrogen-bond donors (Lipinski definition) is 1. The minimum atomic E-state index is -0.527. The molecule has 1 aliphatic rings. The fourth-order valence-electron chi connectivity index (χ4n) is 4.24. The van der Waals surface area contributed by atoms with Crippen LogP contribution in [-0.4, -0.2) is 60.8 Å². The van der Waals surface area contributed by atoms with Crippen LogP contribution in [0.5, 0.6) is 0 Å². The summed E-state index contributed by atoms with van der Waals surface area (Å²) in [5.74, 6) is -0.604. The molecule has 1 atom stereocenters. The van der Waals surface area contributed by atoms with Crippen molar-refractivity contribution in [2.24, 2.45) is 0 Å². The predicted molar refractivity (Wildman–Crippen MR) is 118 cm³/mol. The second-order valence-corrected chi connectivity index (χ2v) is 7.68. The Kier molecular flexibility index (Phi) is 5.14. The Morgan fingerprint density at radius 2 is 2.16 bits per heavy atom. The summed E-state index contributed by atoms with van der Waals surface area (Å²) in [5, 5.41) is 9.51. The van der Waals surface area contributed by atoms with Gasteiger partial charge >= 0.3 is 5.97 Å². The van der Waals surface area contributed by atoms with Gasteiger partial charge < -0.3 is 14.6 Å². The van der Waals surface area contributed by atoms with E-state index in [9.17, 15) is 9.59 Å². The van der Waals surface area contributed by atoms with Crippen LogP contribution in [0.2, 0.25) is 0 Å². The van der Waals surface area contributed by atoms with Crippen LogP contribution in [0.4, 0.5) is 0 Å². The van der Waals surface area contributed by atoms with E-state index < -0.39 is 6.04 Å². The molecule has 1 N–H and O–H groups in total. The number of nitrogens with zero attached hydrogens (tertiary/aromatic N) is 5. The van der Waals surface area contributed by atoms with Gasteiger partial charge in [0.2, 0.25) is 5.91 Å². The standard InChI is InChI=1S/C23H22N6O3/c1-2-21(30)28-11-4-6-20(28)23(31)32-12-8-15-13-17-16(7-10-24-22(17)27-15)18-14-26-29-19(18)5-3-9-25-29/h2-3,5,7,9-10,13-14,20H,1,4,6,8,11-12H2,(H,24,27). The Morgan fingerprint density at radius 1 is 1.25 bits per heavy atom. The number of aromatic nitrogens is 5. The van der Waals surface area contributed by atoms with Gasteiger partial charge in [-0.15, -0.1) is 0 Å². The lowest BCUT2D eigenvalue weighted by Gasteiger charge is -2.21. The summed E-state index contributed by atoms with van der Waals surface area (Å²) in [5.41, 5.74) is 4.54. The maximum Gasteiger partial charge on any atom is 0.328 e. The number of fused-ring (bicyclic) bond motifs is 2. The van der Waals surface area contributed by atoms with Gasteiger partial charge in [0.15, 0.2) is 0 Å². The second-order valence-electron chi connectivity index (χ2n) is 7.68. The number of ether oxygens (including phenoxy) is 1. The Hall–Kier alpha value is -4.01. The van der Waals surface area contributed by atoms with Gasteiger partial charge in [-0.1, -0.05) is 6.58 Å². The highest BCUT2D eigenvalue weighted by Gasteiger charge is 2.34. The summed E-state index contributed by atoms with van der Waals surface area (Å²) in [6, 6.07) is 7.30.